The van der Waals surface area contributed by atoms with Crippen molar-refractivity contribution in [3.8, 4) is 0 Å². The van der Waals surface area contributed by atoms with Gasteiger partial charge in [0.05, 0.1) is 18.1 Å². The first-order valence-electron chi connectivity index (χ1n) is 5.49. The Balaban J connectivity index is 2.65. The summed E-state index contributed by atoms with van der Waals surface area (Å²) >= 11 is 0. The number of hydrogen-bond acceptors (Lipinski definition) is 5. The van der Waals surface area contributed by atoms with E-state index < -0.39 is 21.7 Å². The Morgan fingerprint density at radius 3 is 2.37 bits per heavy atom. The summed E-state index contributed by atoms with van der Waals surface area (Å²) in [5, 5.41) is 2.44. The van der Waals surface area contributed by atoms with E-state index in [2.05, 4.69) is 15.0 Å². The van der Waals surface area contributed by atoms with Gasteiger partial charge in [-0.05, 0) is 32.9 Å². The molecule has 2 N–H and O–H groups in total. The summed E-state index contributed by atoms with van der Waals surface area (Å²) in [5.41, 5.74) is -0.278. The van der Waals surface area contributed by atoms with E-state index in [9.17, 15) is 13.2 Å². The van der Waals surface area contributed by atoms with Gasteiger partial charge in [0.15, 0.2) is 0 Å². The number of ether oxygens (including phenoxy) is 1. The standard InChI is InChI=1S/C11H17N3O4S/c1-11(2,3)18-10(15)13-9-6-5-8(7-12-9)14-19(4,16)17/h5-7,14H,1-4H3,(H,12,13,15). The minimum atomic E-state index is -3.34. The number of nitrogens with zero attached hydrogens (tertiary/aromatic N) is 1. The molecule has 0 bridgehead atoms. The van der Waals surface area contributed by atoms with Crippen molar-refractivity contribution in [1.29, 1.82) is 0 Å². The first kappa shape index (κ1) is 15.2. The summed E-state index contributed by atoms with van der Waals surface area (Å²) in [4.78, 5) is 15.4. The van der Waals surface area contributed by atoms with Gasteiger partial charge in [0.25, 0.3) is 0 Å². The predicted molar refractivity (Wildman–Crippen MR) is 72.6 cm³/mol. The Morgan fingerprint density at radius 1 is 1.32 bits per heavy atom. The number of anilines is 2. The normalized spacial score (nSPS) is 11.8. The molecule has 1 rings (SSSR count). The lowest BCUT2D eigenvalue weighted by Crippen LogP contribution is -2.27. The van der Waals surface area contributed by atoms with Crippen LogP contribution in [0.15, 0.2) is 18.3 Å². The molecule has 1 amide bonds. The van der Waals surface area contributed by atoms with Crippen LogP contribution in [0.5, 0.6) is 0 Å². The van der Waals surface area contributed by atoms with Crippen molar-refractivity contribution in [3.63, 3.8) is 0 Å². The fourth-order valence-electron chi connectivity index (χ4n) is 1.15. The van der Waals surface area contributed by atoms with Crippen LogP contribution >= 0.6 is 0 Å². The third-order valence-corrected chi connectivity index (χ3v) is 2.30. The Labute approximate surface area is 112 Å². The third kappa shape index (κ3) is 6.61. The van der Waals surface area contributed by atoms with Crippen molar-refractivity contribution < 1.29 is 17.9 Å². The molecule has 19 heavy (non-hydrogen) atoms. The number of amides is 1. The zero-order valence-electron chi connectivity index (χ0n) is 11.2. The van der Waals surface area contributed by atoms with Crippen LogP contribution in [0, 0.1) is 0 Å². The number of carbonyl (C=O) groups is 1. The van der Waals surface area contributed by atoms with Crippen molar-refractivity contribution in [2.45, 2.75) is 26.4 Å². The molecule has 8 heteroatoms. The minimum Gasteiger partial charge on any atom is -0.444 e. The van der Waals surface area contributed by atoms with Crippen LogP contribution in [0.25, 0.3) is 0 Å². The first-order chi connectivity index (χ1) is 8.55. The third-order valence-electron chi connectivity index (χ3n) is 1.70. The lowest BCUT2D eigenvalue weighted by molar-refractivity contribution is 0.0635. The summed E-state index contributed by atoms with van der Waals surface area (Å²) < 4.78 is 29.3. The molecule has 106 valence electrons. The molecule has 0 saturated carbocycles. The second kappa shape index (κ2) is 5.43. The van der Waals surface area contributed by atoms with Gasteiger partial charge in [-0.2, -0.15) is 0 Å². The monoisotopic (exact) mass is 287 g/mol. The van der Waals surface area contributed by atoms with Crippen LogP contribution < -0.4 is 10.0 Å². The first-order valence-corrected chi connectivity index (χ1v) is 7.38. The number of sulfonamides is 1. The second-order valence-electron chi connectivity index (χ2n) is 4.93. The summed E-state index contributed by atoms with van der Waals surface area (Å²) in [6.07, 6.45) is 1.72. The van der Waals surface area contributed by atoms with Crippen LogP contribution in [-0.2, 0) is 14.8 Å². The maximum absolute atomic E-state index is 11.5. The van der Waals surface area contributed by atoms with E-state index in [1.54, 1.807) is 20.8 Å². The smallest absolute Gasteiger partial charge is 0.413 e. The lowest BCUT2D eigenvalue weighted by Gasteiger charge is -2.19. The Kier molecular flexibility index (Phi) is 4.35. The fourth-order valence-corrected chi connectivity index (χ4v) is 1.70. The van der Waals surface area contributed by atoms with E-state index in [1.807, 2.05) is 0 Å². The van der Waals surface area contributed by atoms with Crippen molar-refractivity contribution in [1.82, 2.24) is 4.98 Å². The van der Waals surface area contributed by atoms with Gasteiger partial charge in [-0.25, -0.2) is 18.2 Å². The average molecular weight is 287 g/mol. The Morgan fingerprint density at radius 2 is 1.95 bits per heavy atom. The highest BCUT2D eigenvalue weighted by Crippen LogP contribution is 2.13. The number of aromatic nitrogens is 1. The summed E-state index contributed by atoms with van der Waals surface area (Å²) in [5.74, 6) is 0.272. The molecule has 1 heterocycles. The number of hydrogen-bond donors (Lipinski definition) is 2. The van der Waals surface area contributed by atoms with Gasteiger partial charge < -0.3 is 4.74 Å². The maximum atomic E-state index is 11.5. The van der Waals surface area contributed by atoms with Crippen LogP contribution in [0.4, 0.5) is 16.3 Å². The molecule has 0 aliphatic rings. The number of nitrogens with one attached hydrogen (secondary N) is 2. The van der Waals surface area contributed by atoms with Gasteiger partial charge in [0.2, 0.25) is 10.0 Å². The largest absolute Gasteiger partial charge is 0.444 e. The van der Waals surface area contributed by atoms with Gasteiger partial charge >= 0.3 is 6.09 Å². The van der Waals surface area contributed by atoms with E-state index in [-0.39, 0.29) is 5.82 Å². The fraction of sp³-hybridized carbons (Fsp3) is 0.455. The summed E-state index contributed by atoms with van der Waals surface area (Å²) in [6, 6.07) is 2.96. The highest BCUT2D eigenvalue weighted by Gasteiger charge is 2.16. The molecule has 0 unspecified atom stereocenters. The quantitative estimate of drug-likeness (QED) is 0.883. The molecule has 0 atom stereocenters. The minimum absolute atomic E-state index is 0.272. The van der Waals surface area contributed by atoms with E-state index >= 15 is 0 Å². The molecule has 1 aromatic rings. The molecule has 0 aliphatic heterocycles. The molecule has 0 radical (unpaired) electrons. The summed E-state index contributed by atoms with van der Waals surface area (Å²) in [6.45, 7) is 5.25. The maximum Gasteiger partial charge on any atom is 0.413 e. The van der Waals surface area contributed by atoms with Crippen LogP contribution in [0.3, 0.4) is 0 Å². The molecule has 7 nitrogen and oxygen atoms in total. The SMILES string of the molecule is CC(C)(C)OC(=O)Nc1ccc(NS(C)(=O)=O)cn1. The van der Waals surface area contributed by atoms with Crippen molar-refractivity contribution >= 4 is 27.6 Å². The van der Waals surface area contributed by atoms with E-state index in [4.69, 9.17) is 4.74 Å². The molecule has 0 fully saturated rings. The lowest BCUT2D eigenvalue weighted by atomic mass is 10.2. The van der Waals surface area contributed by atoms with Crippen molar-refractivity contribution in [3.05, 3.63) is 18.3 Å². The van der Waals surface area contributed by atoms with Gasteiger partial charge in [-0.15, -0.1) is 0 Å². The van der Waals surface area contributed by atoms with Crippen molar-refractivity contribution in [2.75, 3.05) is 16.3 Å². The Bertz CT molecular complexity index is 546. The van der Waals surface area contributed by atoms with E-state index in [0.29, 0.717) is 5.69 Å². The van der Waals surface area contributed by atoms with Crippen LogP contribution in [0.2, 0.25) is 0 Å². The van der Waals surface area contributed by atoms with Gasteiger partial charge in [0, 0.05) is 0 Å². The van der Waals surface area contributed by atoms with Crippen LogP contribution in [0.1, 0.15) is 20.8 Å². The molecule has 0 aromatic carbocycles. The highest BCUT2D eigenvalue weighted by molar-refractivity contribution is 7.92. The highest BCUT2D eigenvalue weighted by atomic mass is 32.2. The topological polar surface area (TPSA) is 97.4 Å². The summed E-state index contributed by atoms with van der Waals surface area (Å²) in [7, 11) is -3.34. The molecule has 1 aromatic heterocycles. The van der Waals surface area contributed by atoms with Gasteiger partial charge in [0.1, 0.15) is 11.4 Å². The Hall–Kier alpha value is -1.83. The van der Waals surface area contributed by atoms with Crippen LogP contribution in [-0.4, -0.2) is 31.4 Å². The van der Waals surface area contributed by atoms with Gasteiger partial charge in [-0.3, -0.25) is 10.0 Å². The molecular weight excluding hydrogens is 270 g/mol. The number of carbonyl (C=O) groups excluding carboxylic acids is 1. The average Bonchev–Trinajstić information content (AvgIpc) is 2.15. The van der Waals surface area contributed by atoms with E-state index in [0.717, 1.165) is 6.26 Å². The van der Waals surface area contributed by atoms with E-state index in [1.165, 1.54) is 18.3 Å². The number of pyridine rings is 1. The van der Waals surface area contributed by atoms with Crippen molar-refractivity contribution in [2.24, 2.45) is 0 Å². The predicted octanol–water partition coefficient (Wildman–Crippen LogP) is 1.80. The van der Waals surface area contributed by atoms with Gasteiger partial charge in [-0.1, -0.05) is 0 Å². The number of rotatable bonds is 3. The molecular formula is C11H17N3O4S. The molecule has 0 spiro atoms. The zero-order chi connectivity index (χ0) is 14.7. The zero-order valence-corrected chi connectivity index (χ0v) is 12.0. The molecule has 0 saturated heterocycles. The second-order valence-corrected chi connectivity index (χ2v) is 6.68. The molecule has 0 aliphatic carbocycles.